The second-order valence-electron chi connectivity index (χ2n) is 4.38. The van der Waals surface area contributed by atoms with Crippen molar-refractivity contribution in [3.63, 3.8) is 0 Å². The van der Waals surface area contributed by atoms with E-state index in [0.717, 1.165) is 5.56 Å². The number of nitrogens with zero attached hydrogens (tertiary/aromatic N) is 1. The topological polar surface area (TPSA) is 48.4 Å². The minimum atomic E-state index is -0.0532. The van der Waals surface area contributed by atoms with Crippen molar-refractivity contribution >= 4 is 5.78 Å². The number of hydrogen-bond acceptors (Lipinski definition) is 4. The third-order valence-corrected chi connectivity index (χ3v) is 3.09. The molecule has 1 aromatic heterocycles. The number of aryl methyl sites for hydroxylation is 1. The number of ketones is 1. The van der Waals surface area contributed by atoms with Crippen LogP contribution in [-0.2, 0) is 0 Å². The van der Waals surface area contributed by atoms with Gasteiger partial charge < -0.3 is 9.47 Å². The minimum Gasteiger partial charge on any atom is -0.486 e. The first-order chi connectivity index (χ1) is 9.25. The fourth-order valence-corrected chi connectivity index (χ4v) is 2.04. The van der Waals surface area contributed by atoms with Crippen LogP contribution in [0.4, 0.5) is 0 Å². The predicted molar refractivity (Wildman–Crippen MR) is 69.8 cm³/mol. The van der Waals surface area contributed by atoms with Crippen molar-refractivity contribution < 1.29 is 14.3 Å². The summed E-state index contributed by atoms with van der Waals surface area (Å²) in [6.07, 6.45) is 3.27. The molecule has 0 spiro atoms. The van der Waals surface area contributed by atoms with Gasteiger partial charge in [-0.15, -0.1) is 0 Å². The summed E-state index contributed by atoms with van der Waals surface area (Å²) in [5.41, 5.74) is 2.11. The molecule has 2 heterocycles. The van der Waals surface area contributed by atoms with Crippen LogP contribution in [0.1, 0.15) is 21.5 Å². The second kappa shape index (κ2) is 4.72. The molecule has 19 heavy (non-hydrogen) atoms. The van der Waals surface area contributed by atoms with Crippen molar-refractivity contribution in [3.8, 4) is 11.5 Å². The van der Waals surface area contributed by atoms with Gasteiger partial charge in [0.1, 0.15) is 13.2 Å². The van der Waals surface area contributed by atoms with E-state index in [2.05, 4.69) is 4.98 Å². The summed E-state index contributed by atoms with van der Waals surface area (Å²) in [5.74, 6) is 1.26. The molecule has 0 unspecified atom stereocenters. The molecule has 1 aromatic carbocycles. The van der Waals surface area contributed by atoms with Crippen LogP contribution in [0.25, 0.3) is 0 Å². The number of fused-ring (bicyclic) bond motifs is 1. The number of aromatic nitrogens is 1. The van der Waals surface area contributed by atoms with Gasteiger partial charge in [-0.2, -0.15) is 0 Å². The van der Waals surface area contributed by atoms with E-state index < -0.39 is 0 Å². The lowest BCUT2D eigenvalue weighted by atomic mass is 10.0. The Balaban J connectivity index is 1.98. The quantitative estimate of drug-likeness (QED) is 0.773. The molecule has 0 atom stereocenters. The number of benzene rings is 1. The average Bonchev–Trinajstić information content (AvgIpc) is 2.46. The Bertz CT molecular complexity index is 637. The standard InChI is InChI=1S/C15H13NO3/c1-10-4-5-16-9-12(10)15(17)11-2-3-13-14(8-11)19-7-6-18-13/h2-5,8-9H,6-7H2,1H3. The summed E-state index contributed by atoms with van der Waals surface area (Å²) in [7, 11) is 0. The highest BCUT2D eigenvalue weighted by Gasteiger charge is 2.17. The predicted octanol–water partition coefficient (Wildman–Crippen LogP) is 2.39. The van der Waals surface area contributed by atoms with Crippen LogP contribution in [0, 0.1) is 6.92 Å². The zero-order valence-corrected chi connectivity index (χ0v) is 10.6. The number of pyridine rings is 1. The van der Waals surface area contributed by atoms with E-state index in [1.54, 1.807) is 30.6 Å². The highest BCUT2D eigenvalue weighted by atomic mass is 16.6. The van der Waals surface area contributed by atoms with Gasteiger partial charge in [0.25, 0.3) is 0 Å². The van der Waals surface area contributed by atoms with Gasteiger partial charge >= 0.3 is 0 Å². The number of carbonyl (C=O) groups is 1. The lowest BCUT2D eigenvalue weighted by Gasteiger charge is -2.18. The van der Waals surface area contributed by atoms with E-state index in [-0.39, 0.29) is 5.78 Å². The summed E-state index contributed by atoms with van der Waals surface area (Å²) in [4.78, 5) is 16.4. The third-order valence-electron chi connectivity index (χ3n) is 3.09. The van der Waals surface area contributed by atoms with Gasteiger partial charge in [-0.1, -0.05) is 0 Å². The number of hydrogen-bond donors (Lipinski definition) is 0. The third kappa shape index (κ3) is 2.17. The van der Waals surface area contributed by atoms with E-state index in [9.17, 15) is 4.79 Å². The zero-order valence-electron chi connectivity index (χ0n) is 10.6. The van der Waals surface area contributed by atoms with Crippen LogP contribution >= 0.6 is 0 Å². The highest BCUT2D eigenvalue weighted by molar-refractivity contribution is 6.10. The Morgan fingerprint density at radius 1 is 1.16 bits per heavy atom. The maximum Gasteiger partial charge on any atom is 0.194 e. The molecule has 2 aromatic rings. The zero-order chi connectivity index (χ0) is 13.2. The Morgan fingerprint density at radius 2 is 1.95 bits per heavy atom. The molecule has 0 aliphatic carbocycles. The fourth-order valence-electron chi connectivity index (χ4n) is 2.04. The maximum absolute atomic E-state index is 12.4. The van der Waals surface area contributed by atoms with Gasteiger partial charge in [-0.25, -0.2) is 0 Å². The molecule has 4 nitrogen and oxygen atoms in total. The lowest BCUT2D eigenvalue weighted by molar-refractivity contribution is 0.103. The molecule has 3 rings (SSSR count). The molecule has 0 N–H and O–H groups in total. The van der Waals surface area contributed by atoms with Crippen LogP contribution in [0.5, 0.6) is 11.5 Å². The minimum absolute atomic E-state index is 0.0532. The first kappa shape index (κ1) is 11.7. The molecular weight excluding hydrogens is 242 g/mol. The molecule has 0 radical (unpaired) electrons. The van der Waals surface area contributed by atoms with E-state index in [1.807, 2.05) is 13.0 Å². The van der Waals surface area contributed by atoms with Gasteiger partial charge in [-0.3, -0.25) is 9.78 Å². The van der Waals surface area contributed by atoms with Crippen LogP contribution in [0.2, 0.25) is 0 Å². The van der Waals surface area contributed by atoms with Crippen molar-refractivity contribution in [1.82, 2.24) is 4.98 Å². The molecule has 1 aliphatic rings. The maximum atomic E-state index is 12.4. The summed E-state index contributed by atoms with van der Waals surface area (Å²) >= 11 is 0. The normalized spacial score (nSPS) is 13.1. The highest BCUT2D eigenvalue weighted by Crippen LogP contribution is 2.31. The van der Waals surface area contributed by atoms with Gasteiger partial charge in [-0.05, 0) is 36.8 Å². The SMILES string of the molecule is Cc1ccncc1C(=O)c1ccc2c(c1)OCCO2. The van der Waals surface area contributed by atoms with Crippen LogP contribution in [-0.4, -0.2) is 24.0 Å². The molecule has 4 heteroatoms. The molecule has 0 saturated heterocycles. The van der Waals surface area contributed by atoms with Crippen molar-refractivity contribution in [2.75, 3.05) is 13.2 Å². The van der Waals surface area contributed by atoms with Gasteiger partial charge in [0.2, 0.25) is 0 Å². The lowest BCUT2D eigenvalue weighted by Crippen LogP contribution is -2.16. The van der Waals surface area contributed by atoms with Crippen LogP contribution < -0.4 is 9.47 Å². The van der Waals surface area contributed by atoms with Gasteiger partial charge in [0.15, 0.2) is 17.3 Å². The van der Waals surface area contributed by atoms with Crippen molar-refractivity contribution in [3.05, 3.63) is 53.3 Å². The van der Waals surface area contributed by atoms with Crippen LogP contribution in [0.15, 0.2) is 36.7 Å². The molecule has 1 aliphatic heterocycles. The molecule has 0 saturated carbocycles. The van der Waals surface area contributed by atoms with Gasteiger partial charge in [0, 0.05) is 23.5 Å². The average molecular weight is 255 g/mol. The van der Waals surface area contributed by atoms with Gasteiger partial charge in [0.05, 0.1) is 0 Å². The van der Waals surface area contributed by atoms with Crippen molar-refractivity contribution in [1.29, 1.82) is 0 Å². The second-order valence-corrected chi connectivity index (χ2v) is 4.38. The summed E-state index contributed by atoms with van der Waals surface area (Å²) in [5, 5.41) is 0. The Labute approximate surface area is 111 Å². The van der Waals surface area contributed by atoms with E-state index in [0.29, 0.717) is 35.8 Å². The molecular formula is C15H13NO3. The number of rotatable bonds is 2. The smallest absolute Gasteiger partial charge is 0.194 e. The summed E-state index contributed by atoms with van der Waals surface area (Å²) in [6.45, 7) is 2.95. The molecule has 96 valence electrons. The molecule has 0 bridgehead atoms. The molecule has 0 fully saturated rings. The van der Waals surface area contributed by atoms with E-state index in [4.69, 9.17) is 9.47 Å². The first-order valence-electron chi connectivity index (χ1n) is 6.10. The Kier molecular flexibility index (Phi) is 2.91. The molecule has 0 amide bonds. The largest absolute Gasteiger partial charge is 0.486 e. The first-order valence-corrected chi connectivity index (χ1v) is 6.10. The van der Waals surface area contributed by atoms with Crippen LogP contribution in [0.3, 0.4) is 0 Å². The number of ether oxygens (including phenoxy) is 2. The summed E-state index contributed by atoms with van der Waals surface area (Å²) in [6, 6.07) is 7.07. The van der Waals surface area contributed by atoms with E-state index >= 15 is 0 Å². The Morgan fingerprint density at radius 3 is 2.74 bits per heavy atom. The monoisotopic (exact) mass is 255 g/mol. The van der Waals surface area contributed by atoms with Crippen molar-refractivity contribution in [2.24, 2.45) is 0 Å². The van der Waals surface area contributed by atoms with Crippen molar-refractivity contribution in [2.45, 2.75) is 6.92 Å². The summed E-state index contributed by atoms with van der Waals surface area (Å²) < 4.78 is 10.9. The van der Waals surface area contributed by atoms with E-state index in [1.165, 1.54) is 0 Å². The Hall–Kier alpha value is -2.36. The number of carbonyl (C=O) groups excluding carboxylic acids is 1. The fraction of sp³-hybridized carbons (Fsp3) is 0.200.